The van der Waals surface area contributed by atoms with Gasteiger partial charge in [-0.05, 0) is 56.5 Å². The Morgan fingerprint density at radius 3 is 2.24 bits per heavy atom. The second kappa shape index (κ2) is 10.4. The molecule has 4 rings (SSSR count). The number of nitrogens with zero attached hydrogens (tertiary/aromatic N) is 2. The Morgan fingerprint density at radius 2 is 1.62 bits per heavy atom. The first kappa shape index (κ1) is 23.4. The fourth-order valence-corrected chi connectivity index (χ4v) is 4.33. The SMILES string of the molecule is CCOC(=O)N1CCC(N2C(=O)C(Nc3ccc(OCC)cc3)=C(c3ccccc3)C2=O)CC1. The predicted molar refractivity (Wildman–Crippen MR) is 128 cm³/mol. The van der Waals surface area contributed by atoms with Crippen LogP contribution in [0.15, 0.2) is 60.3 Å². The summed E-state index contributed by atoms with van der Waals surface area (Å²) >= 11 is 0. The number of piperidine rings is 1. The van der Waals surface area contributed by atoms with Crippen molar-refractivity contribution in [3.8, 4) is 5.75 Å². The summed E-state index contributed by atoms with van der Waals surface area (Å²) in [4.78, 5) is 42.1. The average molecular weight is 464 g/mol. The number of amides is 3. The lowest BCUT2D eigenvalue weighted by molar-refractivity contribution is -0.140. The lowest BCUT2D eigenvalue weighted by Gasteiger charge is -2.35. The summed E-state index contributed by atoms with van der Waals surface area (Å²) in [6, 6.07) is 16.2. The maximum Gasteiger partial charge on any atom is 0.409 e. The molecule has 0 saturated carbocycles. The van der Waals surface area contributed by atoms with E-state index in [0.29, 0.717) is 56.0 Å². The van der Waals surface area contributed by atoms with Crippen LogP contribution in [0.1, 0.15) is 32.3 Å². The highest BCUT2D eigenvalue weighted by Crippen LogP contribution is 2.34. The molecule has 2 heterocycles. The fraction of sp³-hybridized carbons (Fsp3) is 0.346. The summed E-state index contributed by atoms with van der Waals surface area (Å²) in [6.45, 7) is 5.42. The van der Waals surface area contributed by atoms with Crippen LogP contribution in [-0.4, -0.2) is 60.1 Å². The molecule has 178 valence electrons. The zero-order valence-electron chi connectivity index (χ0n) is 19.5. The summed E-state index contributed by atoms with van der Waals surface area (Å²) in [6.07, 6.45) is 0.657. The molecule has 0 atom stereocenters. The van der Waals surface area contributed by atoms with E-state index in [9.17, 15) is 14.4 Å². The minimum Gasteiger partial charge on any atom is -0.494 e. The van der Waals surface area contributed by atoms with Crippen molar-refractivity contribution in [1.82, 2.24) is 9.80 Å². The molecule has 1 N–H and O–H groups in total. The standard InChI is InChI=1S/C26H29N3O5/c1-3-33-21-12-10-19(11-13-21)27-23-22(18-8-6-5-7-9-18)24(30)29(25(23)31)20-14-16-28(17-15-20)26(32)34-4-2/h5-13,20,27H,3-4,14-17H2,1-2H3. The van der Waals surface area contributed by atoms with Gasteiger partial charge in [-0.25, -0.2) is 4.79 Å². The van der Waals surface area contributed by atoms with Gasteiger partial charge >= 0.3 is 6.09 Å². The normalized spacial score (nSPS) is 16.8. The van der Waals surface area contributed by atoms with Gasteiger partial charge in [-0.2, -0.15) is 0 Å². The Balaban J connectivity index is 1.58. The highest BCUT2D eigenvalue weighted by molar-refractivity contribution is 6.36. The molecule has 0 spiro atoms. The molecule has 0 unspecified atom stereocenters. The molecule has 34 heavy (non-hydrogen) atoms. The molecule has 2 aromatic carbocycles. The van der Waals surface area contributed by atoms with Crippen molar-refractivity contribution in [2.75, 3.05) is 31.6 Å². The highest BCUT2D eigenvalue weighted by atomic mass is 16.6. The number of carbonyl (C=O) groups is 3. The van der Waals surface area contributed by atoms with Gasteiger partial charge in [0.2, 0.25) is 0 Å². The fourth-order valence-electron chi connectivity index (χ4n) is 4.33. The third kappa shape index (κ3) is 4.76. The molecule has 2 aliphatic rings. The third-order valence-corrected chi connectivity index (χ3v) is 5.97. The van der Waals surface area contributed by atoms with Gasteiger partial charge in [0.15, 0.2) is 0 Å². The van der Waals surface area contributed by atoms with Crippen molar-refractivity contribution in [1.29, 1.82) is 0 Å². The maximum atomic E-state index is 13.6. The number of imide groups is 1. The van der Waals surface area contributed by atoms with Crippen molar-refractivity contribution in [3.05, 3.63) is 65.9 Å². The van der Waals surface area contributed by atoms with E-state index in [1.54, 1.807) is 11.8 Å². The van der Waals surface area contributed by atoms with E-state index in [1.165, 1.54) is 4.90 Å². The van der Waals surface area contributed by atoms with Crippen molar-refractivity contribution in [3.63, 3.8) is 0 Å². The zero-order chi connectivity index (χ0) is 24.1. The van der Waals surface area contributed by atoms with Gasteiger partial charge < -0.3 is 19.7 Å². The van der Waals surface area contributed by atoms with Crippen LogP contribution in [-0.2, 0) is 14.3 Å². The number of rotatable bonds is 7. The predicted octanol–water partition coefficient (Wildman–Crippen LogP) is 3.90. The average Bonchev–Trinajstić information content (AvgIpc) is 3.10. The van der Waals surface area contributed by atoms with Crippen molar-refractivity contribution in [2.45, 2.75) is 32.7 Å². The van der Waals surface area contributed by atoms with Gasteiger partial charge in [-0.15, -0.1) is 0 Å². The number of likely N-dealkylation sites (tertiary alicyclic amines) is 1. The van der Waals surface area contributed by atoms with Crippen molar-refractivity contribution >= 4 is 29.2 Å². The lowest BCUT2D eigenvalue weighted by Crippen LogP contribution is -2.49. The molecular weight excluding hydrogens is 434 g/mol. The second-order valence-corrected chi connectivity index (χ2v) is 8.10. The Morgan fingerprint density at radius 1 is 0.941 bits per heavy atom. The van der Waals surface area contributed by atoms with Crippen LogP contribution in [0.25, 0.3) is 5.57 Å². The zero-order valence-corrected chi connectivity index (χ0v) is 19.5. The lowest BCUT2D eigenvalue weighted by atomic mass is 10.0. The van der Waals surface area contributed by atoms with E-state index in [4.69, 9.17) is 9.47 Å². The smallest absolute Gasteiger partial charge is 0.409 e. The number of anilines is 1. The van der Waals surface area contributed by atoms with Crippen molar-refractivity contribution < 1.29 is 23.9 Å². The van der Waals surface area contributed by atoms with Crippen LogP contribution >= 0.6 is 0 Å². The van der Waals surface area contributed by atoms with Gasteiger partial charge in [-0.1, -0.05) is 30.3 Å². The molecule has 2 aliphatic heterocycles. The van der Waals surface area contributed by atoms with Gasteiger partial charge in [0.25, 0.3) is 11.8 Å². The van der Waals surface area contributed by atoms with Crippen LogP contribution in [0.2, 0.25) is 0 Å². The van der Waals surface area contributed by atoms with E-state index >= 15 is 0 Å². The van der Waals surface area contributed by atoms with E-state index < -0.39 is 0 Å². The molecule has 8 nitrogen and oxygen atoms in total. The van der Waals surface area contributed by atoms with E-state index in [0.717, 1.165) is 5.75 Å². The molecule has 0 aliphatic carbocycles. The van der Waals surface area contributed by atoms with Crippen LogP contribution in [0, 0.1) is 0 Å². The first-order valence-corrected chi connectivity index (χ1v) is 11.6. The molecule has 2 aromatic rings. The van der Waals surface area contributed by atoms with Gasteiger partial charge in [0.05, 0.1) is 18.8 Å². The maximum absolute atomic E-state index is 13.6. The summed E-state index contributed by atoms with van der Waals surface area (Å²) in [5.41, 5.74) is 1.98. The molecule has 0 bridgehead atoms. The number of ether oxygens (including phenoxy) is 2. The molecule has 8 heteroatoms. The minimum absolute atomic E-state index is 0.258. The Bertz CT molecular complexity index is 1070. The van der Waals surface area contributed by atoms with Crippen molar-refractivity contribution in [2.24, 2.45) is 0 Å². The summed E-state index contributed by atoms with van der Waals surface area (Å²) in [5.74, 6) is 0.0562. The molecule has 1 saturated heterocycles. The monoisotopic (exact) mass is 463 g/mol. The largest absolute Gasteiger partial charge is 0.494 e. The summed E-state index contributed by atoms with van der Waals surface area (Å²) in [7, 11) is 0. The van der Waals surface area contributed by atoms with Gasteiger partial charge in [-0.3, -0.25) is 14.5 Å². The second-order valence-electron chi connectivity index (χ2n) is 8.10. The number of nitrogens with one attached hydrogen (secondary N) is 1. The molecule has 1 fully saturated rings. The first-order valence-electron chi connectivity index (χ1n) is 11.6. The molecular formula is C26H29N3O5. The number of carbonyl (C=O) groups excluding carboxylic acids is 3. The molecule has 0 radical (unpaired) electrons. The summed E-state index contributed by atoms with van der Waals surface area (Å²) in [5, 5.41) is 3.18. The van der Waals surface area contributed by atoms with Crippen LogP contribution in [0.3, 0.4) is 0 Å². The first-order chi connectivity index (χ1) is 16.5. The molecule has 3 amide bonds. The van der Waals surface area contributed by atoms with E-state index in [-0.39, 0.29) is 29.6 Å². The minimum atomic E-state index is -0.360. The molecule has 0 aromatic heterocycles. The number of hydrogen-bond acceptors (Lipinski definition) is 6. The number of benzene rings is 2. The van der Waals surface area contributed by atoms with Crippen LogP contribution in [0.5, 0.6) is 5.75 Å². The Labute approximate surface area is 199 Å². The van der Waals surface area contributed by atoms with E-state index in [2.05, 4.69) is 5.32 Å². The quantitative estimate of drug-likeness (QED) is 0.627. The van der Waals surface area contributed by atoms with Gasteiger partial charge in [0, 0.05) is 24.8 Å². The topological polar surface area (TPSA) is 88.2 Å². The Hall–Kier alpha value is -3.81. The van der Waals surface area contributed by atoms with Crippen LogP contribution < -0.4 is 10.1 Å². The van der Waals surface area contributed by atoms with Gasteiger partial charge in [0.1, 0.15) is 11.4 Å². The third-order valence-electron chi connectivity index (χ3n) is 5.97. The summed E-state index contributed by atoms with van der Waals surface area (Å²) < 4.78 is 10.6. The number of hydrogen-bond donors (Lipinski definition) is 1. The highest BCUT2D eigenvalue weighted by Gasteiger charge is 2.44. The van der Waals surface area contributed by atoms with E-state index in [1.807, 2.05) is 61.5 Å². The Kier molecular flexibility index (Phi) is 7.15. The van der Waals surface area contributed by atoms with Crippen LogP contribution in [0.4, 0.5) is 10.5 Å².